The van der Waals surface area contributed by atoms with Gasteiger partial charge < -0.3 is 10.5 Å². The van der Waals surface area contributed by atoms with E-state index in [1.165, 1.54) is 6.21 Å². The first-order valence-electron chi connectivity index (χ1n) is 5.72. The number of carbonyl (C=O) groups is 1. The summed E-state index contributed by atoms with van der Waals surface area (Å²) in [5, 5.41) is 26.0. The van der Waals surface area contributed by atoms with Crippen molar-refractivity contribution < 1.29 is 10.0 Å². The summed E-state index contributed by atoms with van der Waals surface area (Å²) < 4.78 is 0. The minimum Gasteiger partial charge on any atom is -0.411 e. The van der Waals surface area contributed by atoms with E-state index in [1.54, 1.807) is 24.4 Å². The molecule has 0 aliphatic heterocycles. The van der Waals surface area contributed by atoms with Crippen LogP contribution in [0.2, 0.25) is 0 Å². The SMILES string of the molecule is CCNC(=O)Nc1nncc2cc(/C=N/O)ccc12. The van der Waals surface area contributed by atoms with Crippen molar-refractivity contribution in [3.8, 4) is 0 Å². The van der Waals surface area contributed by atoms with Crippen molar-refractivity contribution in [2.75, 3.05) is 11.9 Å². The molecule has 7 nitrogen and oxygen atoms in total. The maximum atomic E-state index is 11.5. The number of anilines is 1. The van der Waals surface area contributed by atoms with Crippen LogP contribution < -0.4 is 10.6 Å². The van der Waals surface area contributed by atoms with Crippen molar-refractivity contribution in [3.63, 3.8) is 0 Å². The van der Waals surface area contributed by atoms with Crippen molar-refractivity contribution in [1.82, 2.24) is 15.5 Å². The molecule has 1 aromatic carbocycles. The van der Waals surface area contributed by atoms with Crippen molar-refractivity contribution in [1.29, 1.82) is 0 Å². The van der Waals surface area contributed by atoms with E-state index in [1.807, 2.05) is 6.92 Å². The fraction of sp³-hybridized carbons (Fsp3) is 0.167. The standard InChI is InChI=1S/C12H13N5O2/c1-2-13-12(18)16-11-10-4-3-8(6-15-19)5-9(10)7-14-17-11/h3-7,19H,2H2,1H3,(H2,13,16,17,18)/b15-6+. The first-order valence-corrected chi connectivity index (χ1v) is 5.72. The highest BCUT2D eigenvalue weighted by molar-refractivity contribution is 6.00. The van der Waals surface area contributed by atoms with Crippen LogP contribution in [0, 0.1) is 0 Å². The van der Waals surface area contributed by atoms with Crippen LogP contribution in [0.5, 0.6) is 0 Å². The van der Waals surface area contributed by atoms with E-state index in [9.17, 15) is 4.79 Å². The molecule has 19 heavy (non-hydrogen) atoms. The number of hydrogen-bond acceptors (Lipinski definition) is 5. The summed E-state index contributed by atoms with van der Waals surface area (Å²) in [4.78, 5) is 11.5. The minimum absolute atomic E-state index is 0.328. The van der Waals surface area contributed by atoms with Crippen LogP contribution >= 0.6 is 0 Å². The molecule has 2 rings (SSSR count). The monoisotopic (exact) mass is 259 g/mol. The maximum absolute atomic E-state index is 11.5. The van der Waals surface area contributed by atoms with E-state index >= 15 is 0 Å². The van der Waals surface area contributed by atoms with Gasteiger partial charge >= 0.3 is 6.03 Å². The molecule has 1 heterocycles. The number of rotatable bonds is 3. The molecule has 0 unspecified atom stereocenters. The number of aromatic nitrogens is 2. The number of benzene rings is 1. The van der Waals surface area contributed by atoms with Crippen LogP contribution in [0.1, 0.15) is 12.5 Å². The lowest BCUT2D eigenvalue weighted by Crippen LogP contribution is -2.28. The molecule has 2 aromatic rings. The topological polar surface area (TPSA) is 99.5 Å². The zero-order valence-electron chi connectivity index (χ0n) is 10.3. The number of nitrogens with zero attached hydrogens (tertiary/aromatic N) is 3. The largest absolute Gasteiger partial charge is 0.411 e. The molecule has 3 N–H and O–H groups in total. The number of urea groups is 1. The summed E-state index contributed by atoms with van der Waals surface area (Å²) in [5.74, 6) is 0.385. The smallest absolute Gasteiger partial charge is 0.320 e. The van der Waals surface area contributed by atoms with Gasteiger partial charge in [-0.15, -0.1) is 5.10 Å². The molecule has 0 aliphatic rings. The van der Waals surface area contributed by atoms with Gasteiger partial charge in [0.1, 0.15) is 0 Å². The fourth-order valence-electron chi connectivity index (χ4n) is 1.66. The molecule has 0 saturated carbocycles. The molecule has 0 aliphatic carbocycles. The van der Waals surface area contributed by atoms with E-state index in [-0.39, 0.29) is 6.03 Å². The minimum atomic E-state index is -0.328. The van der Waals surface area contributed by atoms with Crippen molar-refractivity contribution in [2.45, 2.75) is 6.92 Å². The third kappa shape index (κ3) is 2.95. The Morgan fingerprint density at radius 3 is 3.11 bits per heavy atom. The number of nitrogens with one attached hydrogen (secondary N) is 2. The van der Waals surface area contributed by atoms with Gasteiger partial charge in [0, 0.05) is 17.3 Å². The van der Waals surface area contributed by atoms with E-state index in [2.05, 4.69) is 26.0 Å². The van der Waals surface area contributed by atoms with Gasteiger partial charge in [-0.05, 0) is 24.6 Å². The van der Waals surface area contributed by atoms with Crippen molar-refractivity contribution >= 4 is 28.8 Å². The quantitative estimate of drug-likeness (QED) is 0.442. The highest BCUT2D eigenvalue weighted by Gasteiger charge is 2.07. The number of amides is 2. The lowest BCUT2D eigenvalue weighted by atomic mass is 10.1. The van der Waals surface area contributed by atoms with Gasteiger partial charge in [-0.2, -0.15) is 5.10 Å². The van der Waals surface area contributed by atoms with Crippen LogP contribution in [0.3, 0.4) is 0 Å². The van der Waals surface area contributed by atoms with Gasteiger partial charge in [-0.3, -0.25) is 5.32 Å². The van der Waals surface area contributed by atoms with Gasteiger partial charge in [0.2, 0.25) is 0 Å². The molecular weight excluding hydrogens is 246 g/mol. The van der Waals surface area contributed by atoms with Crippen molar-refractivity contribution in [3.05, 3.63) is 30.0 Å². The Labute approximate surface area is 109 Å². The molecule has 2 amide bonds. The van der Waals surface area contributed by atoms with E-state index in [4.69, 9.17) is 5.21 Å². The first-order chi connectivity index (χ1) is 9.24. The molecule has 7 heteroatoms. The Morgan fingerprint density at radius 1 is 1.53 bits per heavy atom. The van der Waals surface area contributed by atoms with E-state index < -0.39 is 0 Å². The third-order valence-corrected chi connectivity index (χ3v) is 2.46. The molecule has 0 radical (unpaired) electrons. The Kier molecular flexibility index (Phi) is 3.87. The number of carbonyl (C=O) groups excluding carboxylic acids is 1. The Morgan fingerprint density at radius 2 is 2.37 bits per heavy atom. The Hall–Kier alpha value is -2.70. The Bertz CT molecular complexity index is 627. The average molecular weight is 259 g/mol. The van der Waals surface area contributed by atoms with E-state index in [0.717, 1.165) is 16.3 Å². The first kappa shape index (κ1) is 12.7. The third-order valence-electron chi connectivity index (χ3n) is 2.46. The second-order valence-electron chi connectivity index (χ2n) is 3.77. The summed E-state index contributed by atoms with van der Waals surface area (Å²) in [5.41, 5.74) is 0.729. The molecule has 1 aromatic heterocycles. The Balaban J connectivity index is 2.37. The van der Waals surface area contributed by atoms with Crippen molar-refractivity contribution in [2.24, 2.45) is 5.16 Å². The van der Waals surface area contributed by atoms with Crippen LogP contribution in [-0.2, 0) is 0 Å². The van der Waals surface area contributed by atoms with Crippen LogP contribution in [-0.4, -0.2) is 34.2 Å². The second kappa shape index (κ2) is 5.76. The highest BCUT2D eigenvalue weighted by atomic mass is 16.4. The second-order valence-corrected chi connectivity index (χ2v) is 3.77. The van der Waals surface area contributed by atoms with Gasteiger partial charge in [0.05, 0.1) is 12.4 Å². The number of hydrogen-bond donors (Lipinski definition) is 3. The van der Waals surface area contributed by atoms with Gasteiger partial charge in [-0.1, -0.05) is 11.2 Å². The highest BCUT2D eigenvalue weighted by Crippen LogP contribution is 2.20. The maximum Gasteiger partial charge on any atom is 0.320 e. The predicted octanol–water partition coefficient (Wildman–Crippen LogP) is 1.58. The van der Waals surface area contributed by atoms with Crippen LogP contribution in [0.4, 0.5) is 10.6 Å². The lowest BCUT2D eigenvalue weighted by Gasteiger charge is -2.07. The van der Waals surface area contributed by atoms with Crippen LogP contribution in [0.25, 0.3) is 10.8 Å². The molecule has 0 atom stereocenters. The fourth-order valence-corrected chi connectivity index (χ4v) is 1.66. The zero-order valence-corrected chi connectivity index (χ0v) is 10.3. The van der Waals surface area contributed by atoms with Gasteiger partial charge in [0.15, 0.2) is 5.82 Å². The van der Waals surface area contributed by atoms with Gasteiger partial charge in [0.25, 0.3) is 0 Å². The predicted molar refractivity (Wildman–Crippen MR) is 71.6 cm³/mol. The van der Waals surface area contributed by atoms with E-state index in [0.29, 0.717) is 12.4 Å². The molecule has 0 saturated heterocycles. The molecule has 98 valence electrons. The average Bonchev–Trinajstić information content (AvgIpc) is 2.39. The molecular formula is C12H13N5O2. The molecule has 0 bridgehead atoms. The molecule has 0 spiro atoms. The number of oxime groups is 1. The summed E-state index contributed by atoms with van der Waals surface area (Å²) in [7, 11) is 0. The summed E-state index contributed by atoms with van der Waals surface area (Å²) in [6.07, 6.45) is 2.89. The zero-order chi connectivity index (χ0) is 13.7. The van der Waals surface area contributed by atoms with Gasteiger partial charge in [-0.25, -0.2) is 4.79 Å². The number of fused-ring (bicyclic) bond motifs is 1. The summed E-state index contributed by atoms with van der Waals surface area (Å²) >= 11 is 0. The van der Waals surface area contributed by atoms with Crippen LogP contribution in [0.15, 0.2) is 29.6 Å². The lowest BCUT2D eigenvalue weighted by molar-refractivity contribution is 0.252. The normalized spacial score (nSPS) is 10.8. The molecule has 0 fully saturated rings. The summed E-state index contributed by atoms with van der Waals surface area (Å²) in [6, 6.07) is 4.99. The summed E-state index contributed by atoms with van der Waals surface area (Å²) in [6.45, 7) is 2.36.